The van der Waals surface area contributed by atoms with Crippen molar-refractivity contribution >= 4 is 41.0 Å². The van der Waals surface area contributed by atoms with Crippen LogP contribution >= 0.6 is 11.6 Å². The molecule has 0 radical (unpaired) electrons. The number of halogens is 2. The van der Waals surface area contributed by atoms with Gasteiger partial charge in [-0.2, -0.15) is 0 Å². The first kappa shape index (κ1) is 28.3. The number of aromatic nitrogens is 1. The predicted molar refractivity (Wildman–Crippen MR) is 149 cm³/mol. The molecule has 1 aliphatic carbocycles. The van der Waals surface area contributed by atoms with Gasteiger partial charge in [0.05, 0.1) is 22.9 Å². The number of carbonyl (C=O) groups is 3. The van der Waals surface area contributed by atoms with Crippen molar-refractivity contribution in [3.8, 4) is 0 Å². The van der Waals surface area contributed by atoms with Gasteiger partial charge < -0.3 is 19.9 Å². The maximum Gasteiger partial charge on any atom is 0.323 e. The molecule has 4 amide bonds. The Balaban J connectivity index is 1.33. The van der Waals surface area contributed by atoms with Gasteiger partial charge in [0.15, 0.2) is 0 Å². The molecule has 214 valence electrons. The van der Waals surface area contributed by atoms with E-state index in [1.165, 1.54) is 37.1 Å². The van der Waals surface area contributed by atoms with Gasteiger partial charge in [0.25, 0.3) is 0 Å². The van der Waals surface area contributed by atoms with Gasteiger partial charge in [-0.3, -0.25) is 14.9 Å². The summed E-state index contributed by atoms with van der Waals surface area (Å²) in [7, 11) is 1.52. The number of nitrogens with zero attached hydrogens (tertiary/aromatic N) is 3. The van der Waals surface area contributed by atoms with Gasteiger partial charge in [0.2, 0.25) is 11.8 Å². The number of likely N-dealkylation sites (tertiary alicyclic amines) is 2. The first-order valence-electron chi connectivity index (χ1n) is 13.9. The molecule has 0 spiro atoms. The molecule has 3 fully saturated rings. The lowest BCUT2D eigenvalue weighted by atomic mass is 9.95. The van der Waals surface area contributed by atoms with E-state index in [4.69, 9.17) is 16.3 Å². The molecule has 3 heterocycles. The Labute approximate surface area is 238 Å². The zero-order valence-corrected chi connectivity index (χ0v) is 23.3. The maximum atomic E-state index is 15.0. The highest BCUT2D eigenvalue weighted by Crippen LogP contribution is 2.39. The van der Waals surface area contributed by atoms with Gasteiger partial charge in [-0.1, -0.05) is 30.5 Å². The summed E-state index contributed by atoms with van der Waals surface area (Å²) in [5.74, 6) is 0.00963. The predicted octanol–water partition coefficient (Wildman–Crippen LogP) is 5.38. The minimum absolute atomic E-state index is 0.0315. The summed E-state index contributed by atoms with van der Waals surface area (Å²) in [4.78, 5) is 46.7. The summed E-state index contributed by atoms with van der Waals surface area (Å²) in [6, 6.07) is 6.28. The van der Waals surface area contributed by atoms with Crippen LogP contribution in [0.5, 0.6) is 0 Å². The monoisotopic (exact) mass is 571 g/mol. The highest BCUT2D eigenvalue weighted by molar-refractivity contribution is 6.30. The third-order valence-corrected chi connectivity index (χ3v) is 8.26. The van der Waals surface area contributed by atoms with E-state index in [0.29, 0.717) is 23.9 Å². The van der Waals surface area contributed by atoms with Crippen molar-refractivity contribution in [3.63, 3.8) is 0 Å². The molecule has 0 bridgehead atoms. The average Bonchev–Trinajstić information content (AvgIpc) is 3.67. The van der Waals surface area contributed by atoms with Crippen LogP contribution in [-0.2, 0) is 14.3 Å². The molecule has 2 saturated heterocycles. The molecule has 11 heteroatoms. The Morgan fingerprint density at radius 3 is 2.73 bits per heavy atom. The van der Waals surface area contributed by atoms with Crippen LogP contribution in [0.15, 0.2) is 36.5 Å². The minimum atomic E-state index is -0.880. The fraction of sp³-hybridized carbons (Fsp3) is 0.517. The number of piperidine rings is 1. The molecule has 9 nitrogen and oxygen atoms in total. The zero-order valence-electron chi connectivity index (χ0n) is 22.6. The number of anilines is 2. The lowest BCUT2D eigenvalue weighted by Gasteiger charge is -2.35. The van der Waals surface area contributed by atoms with Gasteiger partial charge in [0, 0.05) is 39.2 Å². The average molecular weight is 572 g/mol. The van der Waals surface area contributed by atoms with Crippen LogP contribution in [0.2, 0.25) is 5.02 Å². The summed E-state index contributed by atoms with van der Waals surface area (Å²) in [5, 5.41) is 5.82. The van der Waals surface area contributed by atoms with Crippen molar-refractivity contribution in [3.05, 3.63) is 52.9 Å². The number of nitrogens with one attached hydrogen (secondary N) is 2. The third kappa shape index (κ3) is 6.72. The topological polar surface area (TPSA) is 104 Å². The number of hydrogen-bond acceptors (Lipinski definition) is 5. The number of benzene rings is 1. The van der Waals surface area contributed by atoms with Gasteiger partial charge in [-0.05, 0) is 61.4 Å². The van der Waals surface area contributed by atoms with Crippen LogP contribution in [0.1, 0.15) is 63.0 Å². The number of amides is 4. The lowest BCUT2D eigenvalue weighted by Crippen LogP contribution is -2.45. The van der Waals surface area contributed by atoms with Crippen LogP contribution < -0.4 is 10.6 Å². The molecule has 3 atom stereocenters. The van der Waals surface area contributed by atoms with Gasteiger partial charge in [-0.25, -0.2) is 14.2 Å². The minimum Gasteiger partial charge on any atom is -0.380 e. The van der Waals surface area contributed by atoms with E-state index >= 15 is 4.39 Å². The zero-order chi connectivity index (χ0) is 28.2. The fourth-order valence-electron chi connectivity index (χ4n) is 5.59. The summed E-state index contributed by atoms with van der Waals surface area (Å²) < 4.78 is 20.5. The van der Waals surface area contributed by atoms with Crippen molar-refractivity contribution in [2.75, 3.05) is 30.8 Å². The smallest absolute Gasteiger partial charge is 0.323 e. The second-order valence-corrected chi connectivity index (χ2v) is 11.3. The quantitative estimate of drug-likeness (QED) is 0.421. The number of pyridine rings is 1. The summed E-state index contributed by atoms with van der Waals surface area (Å²) >= 11 is 5.88. The molecule has 5 rings (SSSR count). The Morgan fingerprint density at radius 2 is 2.02 bits per heavy atom. The molecule has 1 aromatic heterocycles. The highest BCUT2D eigenvalue weighted by atomic mass is 35.5. The van der Waals surface area contributed by atoms with E-state index in [9.17, 15) is 14.4 Å². The van der Waals surface area contributed by atoms with E-state index in [-0.39, 0.29) is 42.5 Å². The number of rotatable bonds is 9. The van der Waals surface area contributed by atoms with Crippen molar-refractivity contribution < 1.29 is 23.5 Å². The van der Waals surface area contributed by atoms with E-state index in [1.807, 2.05) is 4.90 Å². The molecule has 1 unspecified atom stereocenters. The van der Waals surface area contributed by atoms with Gasteiger partial charge in [0.1, 0.15) is 17.7 Å². The van der Waals surface area contributed by atoms with Crippen molar-refractivity contribution in [1.29, 1.82) is 0 Å². The van der Waals surface area contributed by atoms with E-state index in [1.54, 1.807) is 24.3 Å². The summed E-state index contributed by atoms with van der Waals surface area (Å²) in [6.07, 6.45) is 7.93. The number of urea groups is 1. The lowest BCUT2D eigenvalue weighted by molar-refractivity contribution is -0.136. The highest BCUT2D eigenvalue weighted by Gasteiger charge is 2.40. The maximum absolute atomic E-state index is 15.0. The van der Waals surface area contributed by atoms with Crippen LogP contribution in [-0.4, -0.2) is 65.0 Å². The molecule has 1 saturated carbocycles. The fourth-order valence-corrected chi connectivity index (χ4v) is 5.70. The van der Waals surface area contributed by atoms with E-state index < -0.39 is 23.8 Å². The van der Waals surface area contributed by atoms with E-state index in [2.05, 4.69) is 15.6 Å². The number of ether oxygens (including phenoxy) is 1. The second kappa shape index (κ2) is 12.5. The van der Waals surface area contributed by atoms with Crippen molar-refractivity contribution in [1.82, 2.24) is 14.8 Å². The standard InChI is InChI=1S/C29H35ClFN5O4/c1-40-21-15-25(36(17-21)29(39)34-26-12-9-20(30)16-32-26)28(38)33-23-14-19(8-10-22(23)31)24(11-7-18-5-6-18)35-13-3-2-4-27(35)37/h8-10,12,14,16,18,21,24-25H,2-7,11,13,15,17H2,1H3,(H,33,38)(H,32,34,39)/t21-,24?,25-/m1/s1. The first-order chi connectivity index (χ1) is 19.3. The van der Waals surface area contributed by atoms with Crippen molar-refractivity contribution in [2.45, 2.75) is 69.6 Å². The van der Waals surface area contributed by atoms with Gasteiger partial charge >= 0.3 is 6.03 Å². The SMILES string of the molecule is CO[C@@H]1C[C@H](C(=O)Nc2cc(C(CCC3CC3)N3CCCCC3=O)ccc2F)N(C(=O)Nc2ccc(Cl)cn2)C1. The molecule has 2 aliphatic heterocycles. The number of methoxy groups -OCH3 is 1. The molecular formula is C29H35ClFN5O4. The normalized spacial score (nSPS) is 21.8. The van der Waals surface area contributed by atoms with Crippen LogP contribution in [0, 0.1) is 11.7 Å². The number of hydrogen-bond donors (Lipinski definition) is 2. The molecule has 2 aromatic rings. The molecule has 40 heavy (non-hydrogen) atoms. The number of carbonyl (C=O) groups excluding carboxylic acids is 3. The first-order valence-corrected chi connectivity index (χ1v) is 14.3. The Bertz CT molecular complexity index is 1240. The second-order valence-electron chi connectivity index (χ2n) is 10.9. The van der Waals surface area contributed by atoms with Crippen molar-refractivity contribution in [2.24, 2.45) is 5.92 Å². The van der Waals surface area contributed by atoms with Crippen LogP contribution in [0.4, 0.5) is 20.7 Å². The Kier molecular flexibility index (Phi) is 8.85. The Hall–Kier alpha value is -3.24. The molecule has 2 N–H and O–H groups in total. The van der Waals surface area contributed by atoms with E-state index in [0.717, 1.165) is 31.2 Å². The van der Waals surface area contributed by atoms with Gasteiger partial charge in [-0.15, -0.1) is 0 Å². The molecule has 1 aromatic carbocycles. The molecule has 3 aliphatic rings. The summed E-state index contributed by atoms with van der Waals surface area (Å²) in [5.41, 5.74) is 0.834. The Morgan fingerprint density at radius 1 is 1.20 bits per heavy atom. The van der Waals surface area contributed by atoms with Crippen LogP contribution in [0.25, 0.3) is 0 Å². The third-order valence-electron chi connectivity index (χ3n) is 8.04. The largest absolute Gasteiger partial charge is 0.380 e. The van der Waals surface area contributed by atoms with Crippen LogP contribution in [0.3, 0.4) is 0 Å². The summed E-state index contributed by atoms with van der Waals surface area (Å²) in [6.45, 7) is 0.872. The molecular weight excluding hydrogens is 537 g/mol.